The number of fused-ring (bicyclic) bond motifs is 1. The second-order valence-corrected chi connectivity index (χ2v) is 11.4. The van der Waals surface area contributed by atoms with Crippen LogP contribution in [0.2, 0.25) is 0 Å². The molecule has 3 aromatic rings. The van der Waals surface area contributed by atoms with Gasteiger partial charge in [-0.2, -0.15) is 0 Å². The smallest absolute Gasteiger partial charge is 0.127 e. The van der Waals surface area contributed by atoms with Gasteiger partial charge in [-0.3, -0.25) is 4.90 Å². The fourth-order valence-electron chi connectivity index (χ4n) is 6.21. The molecule has 4 heteroatoms. The first-order chi connectivity index (χ1) is 17.8. The summed E-state index contributed by atoms with van der Waals surface area (Å²) in [6.45, 7) is 12.7. The van der Waals surface area contributed by atoms with E-state index < -0.39 is 0 Å². The molecule has 0 aromatic heterocycles. The molecule has 2 aliphatic heterocycles. The van der Waals surface area contributed by atoms with E-state index in [1.54, 1.807) is 0 Å². The van der Waals surface area contributed by atoms with Gasteiger partial charge in [-0.05, 0) is 93.8 Å². The highest BCUT2D eigenvalue weighted by molar-refractivity contribution is 5.66. The number of piperidine rings is 1. The molecule has 5 rings (SSSR count). The van der Waals surface area contributed by atoms with Crippen LogP contribution in [0.1, 0.15) is 65.7 Å². The summed E-state index contributed by atoms with van der Waals surface area (Å²) >= 11 is 0. The molecule has 1 atom stereocenters. The highest BCUT2D eigenvalue weighted by atomic mass is 16.5. The summed E-state index contributed by atoms with van der Waals surface area (Å²) in [6.07, 6.45) is 4.48. The Bertz CT molecular complexity index is 1120. The number of likely N-dealkylation sites (tertiary alicyclic amines) is 1. The third-order valence-electron chi connectivity index (χ3n) is 8.62. The number of hydrogen-bond acceptors (Lipinski definition) is 4. The van der Waals surface area contributed by atoms with E-state index in [4.69, 9.17) is 15.2 Å². The van der Waals surface area contributed by atoms with Gasteiger partial charge >= 0.3 is 0 Å². The summed E-state index contributed by atoms with van der Waals surface area (Å²) < 4.78 is 13.1. The van der Waals surface area contributed by atoms with Crippen LogP contribution in [0.5, 0.6) is 5.75 Å². The van der Waals surface area contributed by atoms with E-state index in [1.807, 2.05) is 0 Å². The van der Waals surface area contributed by atoms with Crippen molar-refractivity contribution in [2.75, 3.05) is 32.0 Å². The maximum absolute atomic E-state index is 6.63. The number of rotatable bonds is 8. The molecule has 196 valence electrons. The highest BCUT2D eigenvalue weighted by Gasteiger charge is 2.39. The zero-order valence-electron chi connectivity index (χ0n) is 22.9. The Morgan fingerprint density at radius 3 is 2.11 bits per heavy atom. The first-order valence-corrected chi connectivity index (χ1v) is 13.9. The van der Waals surface area contributed by atoms with E-state index in [-0.39, 0.29) is 11.7 Å². The molecular formula is C33H42N2O2. The number of ether oxygens (including phenoxy) is 2. The van der Waals surface area contributed by atoms with Gasteiger partial charge < -0.3 is 15.2 Å². The van der Waals surface area contributed by atoms with Gasteiger partial charge in [0.15, 0.2) is 0 Å². The third kappa shape index (κ3) is 5.56. The molecule has 1 unspecified atom stereocenters. The second-order valence-electron chi connectivity index (χ2n) is 11.4. The zero-order chi connectivity index (χ0) is 26.0. The van der Waals surface area contributed by atoms with Crippen LogP contribution >= 0.6 is 0 Å². The van der Waals surface area contributed by atoms with Crippen molar-refractivity contribution in [2.45, 2.75) is 65.1 Å². The number of nitrogen functional groups attached to an aromatic ring is 1. The Kier molecular flexibility index (Phi) is 7.60. The lowest BCUT2D eigenvalue weighted by Crippen LogP contribution is -2.47. The standard InChI is InChI=1S/C33H42N2O2/c1-23-24(2)31-29(25(3)30(23)34)21-33(4,37-31)22-35-18-15-26(16-19-35)17-20-36-32(27-11-7-5-8-12-27)28-13-9-6-10-14-28/h5-14,26,32H,15-22,34H2,1-4H3. The van der Waals surface area contributed by atoms with Crippen molar-refractivity contribution in [3.63, 3.8) is 0 Å². The van der Waals surface area contributed by atoms with E-state index in [1.165, 1.54) is 40.7 Å². The first-order valence-electron chi connectivity index (χ1n) is 13.9. The Hall–Kier alpha value is -2.82. The largest absolute Gasteiger partial charge is 0.485 e. The van der Waals surface area contributed by atoms with Gasteiger partial charge in [0.1, 0.15) is 17.5 Å². The Morgan fingerprint density at radius 1 is 0.919 bits per heavy atom. The molecule has 37 heavy (non-hydrogen) atoms. The van der Waals surface area contributed by atoms with Crippen LogP contribution in [-0.2, 0) is 11.2 Å². The topological polar surface area (TPSA) is 47.7 Å². The average Bonchev–Trinajstić information content (AvgIpc) is 3.28. The summed E-state index contributed by atoms with van der Waals surface area (Å²) in [5, 5.41) is 0. The number of benzene rings is 3. The lowest BCUT2D eigenvalue weighted by molar-refractivity contribution is 0.0352. The molecule has 1 saturated heterocycles. The summed E-state index contributed by atoms with van der Waals surface area (Å²) in [4.78, 5) is 2.60. The van der Waals surface area contributed by atoms with Crippen molar-refractivity contribution in [1.29, 1.82) is 0 Å². The van der Waals surface area contributed by atoms with Gasteiger partial charge in [0.2, 0.25) is 0 Å². The molecule has 0 bridgehead atoms. The van der Waals surface area contributed by atoms with Crippen molar-refractivity contribution in [2.24, 2.45) is 5.92 Å². The Labute approximate surface area is 222 Å². The number of anilines is 1. The van der Waals surface area contributed by atoms with Crippen LogP contribution in [0.4, 0.5) is 5.69 Å². The van der Waals surface area contributed by atoms with Crippen molar-refractivity contribution in [3.05, 3.63) is 94.0 Å². The van der Waals surface area contributed by atoms with E-state index in [0.717, 1.165) is 56.1 Å². The van der Waals surface area contributed by atoms with Crippen molar-refractivity contribution < 1.29 is 9.47 Å². The van der Waals surface area contributed by atoms with Gasteiger partial charge in [0, 0.05) is 30.8 Å². The van der Waals surface area contributed by atoms with Crippen LogP contribution in [0.3, 0.4) is 0 Å². The molecule has 2 heterocycles. The normalized spacial score (nSPS) is 20.2. The summed E-state index contributed by atoms with van der Waals surface area (Å²) in [7, 11) is 0. The molecule has 0 spiro atoms. The number of nitrogens with two attached hydrogens (primary N) is 1. The van der Waals surface area contributed by atoms with Gasteiger partial charge in [0.25, 0.3) is 0 Å². The Morgan fingerprint density at radius 2 is 1.51 bits per heavy atom. The first kappa shape index (κ1) is 25.8. The number of nitrogens with zero attached hydrogens (tertiary/aromatic N) is 1. The average molecular weight is 499 g/mol. The quantitative estimate of drug-likeness (QED) is 0.347. The van der Waals surface area contributed by atoms with Crippen LogP contribution in [0.25, 0.3) is 0 Å². The van der Waals surface area contributed by atoms with Gasteiger partial charge in [-0.1, -0.05) is 60.7 Å². The fourth-order valence-corrected chi connectivity index (χ4v) is 6.21. The van der Waals surface area contributed by atoms with Gasteiger partial charge in [-0.25, -0.2) is 0 Å². The monoisotopic (exact) mass is 498 g/mol. The van der Waals surface area contributed by atoms with Crippen LogP contribution in [0.15, 0.2) is 60.7 Å². The lowest BCUT2D eigenvalue weighted by atomic mass is 9.90. The maximum atomic E-state index is 6.63. The minimum absolute atomic E-state index is 0.00632. The van der Waals surface area contributed by atoms with E-state index in [9.17, 15) is 0 Å². The highest BCUT2D eigenvalue weighted by Crippen LogP contribution is 2.44. The zero-order valence-corrected chi connectivity index (χ0v) is 22.9. The molecule has 3 aromatic carbocycles. The van der Waals surface area contributed by atoms with Crippen molar-refractivity contribution >= 4 is 5.69 Å². The van der Waals surface area contributed by atoms with Crippen molar-refractivity contribution in [1.82, 2.24) is 4.90 Å². The van der Waals surface area contributed by atoms with E-state index in [0.29, 0.717) is 5.92 Å². The maximum Gasteiger partial charge on any atom is 0.127 e. The molecule has 0 amide bonds. The summed E-state index contributed by atoms with van der Waals surface area (Å²) in [5.41, 5.74) is 14.4. The molecule has 1 fully saturated rings. The molecular weight excluding hydrogens is 456 g/mol. The predicted molar refractivity (Wildman–Crippen MR) is 152 cm³/mol. The summed E-state index contributed by atoms with van der Waals surface area (Å²) in [5.74, 6) is 1.79. The SMILES string of the molecule is Cc1c(C)c2c(c(C)c1N)CC(C)(CN1CCC(CCOC(c3ccccc3)c3ccccc3)CC1)O2. The van der Waals surface area contributed by atoms with Crippen LogP contribution < -0.4 is 10.5 Å². The molecule has 2 aliphatic rings. The fraction of sp³-hybridized carbons (Fsp3) is 0.455. The van der Waals surface area contributed by atoms with Crippen LogP contribution in [0, 0.1) is 26.7 Å². The number of hydrogen-bond donors (Lipinski definition) is 1. The van der Waals surface area contributed by atoms with E-state index in [2.05, 4.69) is 93.3 Å². The van der Waals surface area contributed by atoms with Crippen molar-refractivity contribution in [3.8, 4) is 5.75 Å². The Balaban J connectivity index is 1.13. The molecule has 2 N–H and O–H groups in total. The van der Waals surface area contributed by atoms with Gasteiger partial charge in [0.05, 0.1) is 0 Å². The van der Waals surface area contributed by atoms with E-state index >= 15 is 0 Å². The summed E-state index contributed by atoms with van der Waals surface area (Å²) in [6, 6.07) is 21.2. The predicted octanol–water partition coefficient (Wildman–Crippen LogP) is 6.80. The second kappa shape index (κ2) is 10.9. The molecule has 0 saturated carbocycles. The third-order valence-corrected chi connectivity index (χ3v) is 8.62. The molecule has 0 radical (unpaired) electrons. The molecule has 4 nitrogen and oxygen atoms in total. The molecule has 0 aliphatic carbocycles. The lowest BCUT2D eigenvalue weighted by Gasteiger charge is -2.37. The van der Waals surface area contributed by atoms with Crippen LogP contribution in [-0.4, -0.2) is 36.7 Å². The minimum Gasteiger partial charge on any atom is -0.485 e. The minimum atomic E-state index is -0.188. The van der Waals surface area contributed by atoms with Gasteiger partial charge in [-0.15, -0.1) is 0 Å².